The van der Waals surface area contributed by atoms with E-state index < -0.39 is 11.9 Å². The van der Waals surface area contributed by atoms with E-state index in [0.29, 0.717) is 25.8 Å². The fourth-order valence-electron chi connectivity index (χ4n) is 2.97. The first-order chi connectivity index (χ1) is 9.99. The van der Waals surface area contributed by atoms with Crippen LogP contribution in [0.3, 0.4) is 0 Å². The molecule has 2 atom stereocenters. The third kappa shape index (κ3) is 3.84. The molecule has 0 saturated carbocycles. The van der Waals surface area contributed by atoms with Crippen molar-refractivity contribution in [2.24, 2.45) is 5.92 Å². The maximum atomic E-state index is 12.3. The predicted octanol–water partition coefficient (Wildman–Crippen LogP) is 2.64. The molecule has 0 spiro atoms. The lowest BCUT2D eigenvalue weighted by molar-refractivity contribution is -0.149. The van der Waals surface area contributed by atoms with E-state index in [1.165, 1.54) is 5.56 Å². The topological polar surface area (TPSA) is 57.6 Å². The lowest BCUT2D eigenvalue weighted by Crippen LogP contribution is -2.49. The Balaban J connectivity index is 1.93. The third-order valence-corrected chi connectivity index (χ3v) is 4.37. The summed E-state index contributed by atoms with van der Waals surface area (Å²) in [6.07, 6.45) is 2.59. The molecule has 21 heavy (non-hydrogen) atoms. The van der Waals surface area contributed by atoms with E-state index in [0.717, 1.165) is 12.0 Å². The van der Waals surface area contributed by atoms with Crippen molar-refractivity contribution in [1.82, 2.24) is 4.90 Å². The van der Waals surface area contributed by atoms with Gasteiger partial charge < -0.3 is 10.0 Å². The summed E-state index contributed by atoms with van der Waals surface area (Å²) in [7, 11) is 0. The molecule has 1 aromatic rings. The van der Waals surface area contributed by atoms with Gasteiger partial charge in [0.25, 0.3) is 0 Å². The van der Waals surface area contributed by atoms with E-state index in [9.17, 15) is 14.7 Å². The van der Waals surface area contributed by atoms with Gasteiger partial charge in [0.1, 0.15) is 0 Å². The van der Waals surface area contributed by atoms with Crippen molar-refractivity contribution in [3.05, 3.63) is 35.4 Å². The third-order valence-electron chi connectivity index (χ3n) is 4.37. The van der Waals surface area contributed by atoms with Gasteiger partial charge in [-0.1, -0.05) is 29.8 Å². The highest BCUT2D eigenvalue weighted by molar-refractivity contribution is 5.79. The summed E-state index contributed by atoms with van der Waals surface area (Å²) in [5.74, 6) is -1.16. The van der Waals surface area contributed by atoms with Gasteiger partial charge in [0, 0.05) is 19.0 Å². The molecule has 4 nitrogen and oxygen atoms in total. The quantitative estimate of drug-likeness (QED) is 0.927. The number of carbonyl (C=O) groups is 2. The molecule has 1 amide bonds. The number of amides is 1. The zero-order valence-electron chi connectivity index (χ0n) is 12.7. The molecule has 1 saturated heterocycles. The SMILES string of the molecule is Cc1ccc(CCC(=O)N2CCC[C@@H](C(=O)O)[C@H]2C)cc1. The largest absolute Gasteiger partial charge is 0.481 e. The average molecular weight is 289 g/mol. The highest BCUT2D eigenvalue weighted by Gasteiger charge is 2.34. The van der Waals surface area contributed by atoms with Crippen molar-refractivity contribution >= 4 is 11.9 Å². The molecule has 1 aliphatic rings. The molecular weight excluding hydrogens is 266 g/mol. The monoisotopic (exact) mass is 289 g/mol. The summed E-state index contributed by atoms with van der Waals surface area (Å²) < 4.78 is 0. The number of piperidine rings is 1. The first-order valence-electron chi connectivity index (χ1n) is 7.57. The van der Waals surface area contributed by atoms with Crippen molar-refractivity contribution in [2.45, 2.75) is 45.6 Å². The predicted molar refractivity (Wildman–Crippen MR) is 81.0 cm³/mol. The molecule has 1 aromatic carbocycles. The van der Waals surface area contributed by atoms with Crippen molar-refractivity contribution in [2.75, 3.05) is 6.54 Å². The molecule has 2 rings (SSSR count). The molecular formula is C17H23NO3. The zero-order chi connectivity index (χ0) is 15.4. The van der Waals surface area contributed by atoms with Gasteiger partial charge in [0.05, 0.1) is 5.92 Å². The van der Waals surface area contributed by atoms with Crippen LogP contribution in [0.2, 0.25) is 0 Å². The van der Waals surface area contributed by atoms with Gasteiger partial charge in [-0.05, 0) is 38.7 Å². The number of carbonyl (C=O) groups excluding carboxylic acids is 1. The standard InChI is InChI=1S/C17H23NO3/c1-12-5-7-14(8-6-12)9-10-16(19)18-11-3-4-15(13(18)2)17(20)21/h5-8,13,15H,3-4,9-11H2,1-2H3,(H,20,21)/t13-,15-/m1/s1. The smallest absolute Gasteiger partial charge is 0.308 e. The lowest BCUT2D eigenvalue weighted by atomic mass is 9.90. The van der Waals surface area contributed by atoms with Crippen LogP contribution in [0.4, 0.5) is 0 Å². The maximum Gasteiger partial charge on any atom is 0.308 e. The summed E-state index contributed by atoms with van der Waals surface area (Å²) in [4.78, 5) is 25.3. The van der Waals surface area contributed by atoms with Gasteiger partial charge in [-0.2, -0.15) is 0 Å². The number of hydrogen-bond acceptors (Lipinski definition) is 2. The van der Waals surface area contributed by atoms with Crippen LogP contribution in [0, 0.1) is 12.8 Å². The lowest BCUT2D eigenvalue weighted by Gasteiger charge is -2.37. The Kier molecular flexibility index (Phi) is 4.99. The Morgan fingerprint density at radius 2 is 1.95 bits per heavy atom. The first-order valence-corrected chi connectivity index (χ1v) is 7.57. The van der Waals surface area contributed by atoms with Gasteiger partial charge in [-0.15, -0.1) is 0 Å². The van der Waals surface area contributed by atoms with Crippen LogP contribution in [0.15, 0.2) is 24.3 Å². The van der Waals surface area contributed by atoms with Crippen LogP contribution in [-0.2, 0) is 16.0 Å². The number of aryl methyl sites for hydroxylation is 2. The van der Waals surface area contributed by atoms with E-state index in [2.05, 4.69) is 0 Å². The van der Waals surface area contributed by atoms with Crippen molar-refractivity contribution < 1.29 is 14.7 Å². The highest BCUT2D eigenvalue weighted by Crippen LogP contribution is 2.24. The van der Waals surface area contributed by atoms with E-state index in [-0.39, 0.29) is 11.9 Å². The Labute approximate surface area is 125 Å². The molecule has 1 heterocycles. The second kappa shape index (κ2) is 6.74. The van der Waals surface area contributed by atoms with Crippen molar-refractivity contribution in [3.8, 4) is 0 Å². The normalized spacial score (nSPS) is 22.1. The second-order valence-electron chi connectivity index (χ2n) is 5.90. The molecule has 114 valence electrons. The Morgan fingerprint density at radius 1 is 1.29 bits per heavy atom. The number of likely N-dealkylation sites (tertiary alicyclic amines) is 1. The van der Waals surface area contributed by atoms with Gasteiger partial charge >= 0.3 is 5.97 Å². The minimum absolute atomic E-state index is 0.0639. The number of aliphatic carboxylic acids is 1. The summed E-state index contributed by atoms with van der Waals surface area (Å²) in [5, 5.41) is 9.20. The van der Waals surface area contributed by atoms with Crippen molar-refractivity contribution in [3.63, 3.8) is 0 Å². The summed E-state index contributed by atoms with van der Waals surface area (Å²) in [6, 6.07) is 7.97. The van der Waals surface area contributed by atoms with Gasteiger partial charge in [0.2, 0.25) is 5.91 Å². The molecule has 0 unspecified atom stereocenters. The number of rotatable bonds is 4. The van der Waals surface area contributed by atoms with Crippen LogP contribution in [0.1, 0.15) is 37.3 Å². The number of hydrogen-bond donors (Lipinski definition) is 1. The molecule has 0 radical (unpaired) electrons. The van der Waals surface area contributed by atoms with Gasteiger partial charge in [0.15, 0.2) is 0 Å². The maximum absolute atomic E-state index is 12.3. The van der Waals surface area contributed by atoms with Crippen LogP contribution >= 0.6 is 0 Å². The number of carboxylic acid groups (broad SMARTS) is 1. The van der Waals surface area contributed by atoms with E-state index in [4.69, 9.17) is 0 Å². The van der Waals surface area contributed by atoms with Crippen LogP contribution in [-0.4, -0.2) is 34.5 Å². The molecule has 1 fully saturated rings. The molecule has 1 N–H and O–H groups in total. The summed E-state index contributed by atoms with van der Waals surface area (Å²) in [5.41, 5.74) is 2.35. The molecule has 0 aromatic heterocycles. The number of benzene rings is 1. The fraction of sp³-hybridized carbons (Fsp3) is 0.529. The second-order valence-corrected chi connectivity index (χ2v) is 5.90. The fourth-order valence-corrected chi connectivity index (χ4v) is 2.97. The van der Waals surface area contributed by atoms with Crippen LogP contribution < -0.4 is 0 Å². The minimum atomic E-state index is -0.793. The Bertz CT molecular complexity index is 509. The first kappa shape index (κ1) is 15.5. The Hall–Kier alpha value is -1.84. The van der Waals surface area contributed by atoms with E-state index in [1.54, 1.807) is 4.90 Å². The van der Waals surface area contributed by atoms with Crippen molar-refractivity contribution in [1.29, 1.82) is 0 Å². The molecule has 1 aliphatic heterocycles. The molecule has 0 aliphatic carbocycles. The minimum Gasteiger partial charge on any atom is -0.481 e. The van der Waals surface area contributed by atoms with E-state index >= 15 is 0 Å². The average Bonchev–Trinajstić information content (AvgIpc) is 2.46. The molecule has 4 heteroatoms. The van der Waals surface area contributed by atoms with Crippen LogP contribution in [0.5, 0.6) is 0 Å². The number of carboxylic acids is 1. The van der Waals surface area contributed by atoms with E-state index in [1.807, 2.05) is 38.1 Å². The van der Waals surface area contributed by atoms with Gasteiger partial charge in [-0.25, -0.2) is 0 Å². The molecule has 0 bridgehead atoms. The zero-order valence-corrected chi connectivity index (χ0v) is 12.7. The summed E-state index contributed by atoms with van der Waals surface area (Å²) in [6.45, 7) is 4.57. The summed E-state index contributed by atoms with van der Waals surface area (Å²) >= 11 is 0. The highest BCUT2D eigenvalue weighted by atomic mass is 16.4. The Morgan fingerprint density at radius 3 is 2.57 bits per heavy atom. The number of nitrogens with zero attached hydrogens (tertiary/aromatic N) is 1. The van der Waals surface area contributed by atoms with Gasteiger partial charge in [-0.3, -0.25) is 9.59 Å². The van der Waals surface area contributed by atoms with Crippen LogP contribution in [0.25, 0.3) is 0 Å².